The van der Waals surface area contributed by atoms with Gasteiger partial charge in [0.25, 0.3) is 0 Å². The zero-order chi connectivity index (χ0) is 13.1. The number of hydrogen-bond acceptors (Lipinski definition) is 3. The second kappa shape index (κ2) is 5.53. The molecule has 1 heterocycles. The van der Waals surface area contributed by atoms with Crippen molar-refractivity contribution in [1.82, 2.24) is 0 Å². The van der Waals surface area contributed by atoms with Gasteiger partial charge in [0.2, 0.25) is 0 Å². The van der Waals surface area contributed by atoms with Crippen molar-refractivity contribution in [2.75, 3.05) is 18.5 Å². The number of nitrogens with one attached hydrogen (secondary N) is 1. The Hall–Kier alpha value is -1.68. The van der Waals surface area contributed by atoms with Gasteiger partial charge in [-0.05, 0) is 23.8 Å². The summed E-state index contributed by atoms with van der Waals surface area (Å²) in [6.07, 6.45) is 0. The van der Waals surface area contributed by atoms with Crippen molar-refractivity contribution in [2.24, 2.45) is 0 Å². The molecule has 0 atom stereocenters. The quantitative estimate of drug-likeness (QED) is 0.932. The van der Waals surface area contributed by atoms with Crippen molar-refractivity contribution < 1.29 is 9.47 Å². The zero-order valence-corrected chi connectivity index (χ0v) is 11.9. The lowest BCUT2D eigenvalue weighted by atomic mass is 10.2. The maximum atomic E-state index is 5.57. The molecule has 3 nitrogen and oxygen atoms in total. The summed E-state index contributed by atoms with van der Waals surface area (Å²) >= 11 is 3.55. The normalized spacial score (nSPS) is 13.1. The topological polar surface area (TPSA) is 30.5 Å². The Morgan fingerprint density at radius 2 is 1.79 bits per heavy atom. The van der Waals surface area contributed by atoms with Crippen LogP contribution < -0.4 is 14.8 Å². The van der Waals surface area contributed by atoms with Crippen LogP contribution in [0, 0.1) is 0 Å². The summed E-state index contributed by atoms with van der Waals surface area (Å²) in [4.78, 5) is 0. The first-order chi connectivity index (χ1) is 9.33. The van der Waals surface area contributed by atoms with E-state index >= 15 is 0 Å². The van der Waals surface area contributed by atoms with Crippen molar-refractivity contribution >= 4 is 21.6 Å². The lowest BCUT2D eigenvalue weighted by Gasteiger charge is -2.19. The second-order valence-corrected chi connectivity index (χ2v) is 5.16. The molecular weight excluding hydrogens is 306 g/mol. The van der Waals surface area contributed by atoms with Crippen LogP contribution in [0.3, 0.4) is 0 Å². The maximum Gasteiger partial charge on any atom is 0.163 e. The van der Waals surface area contributed by atoms with Crippen LogP contribution in [-0.2, 0) is 6.54 Å². The van der Waals surface area contributed by atoms with Gasteiger partial charge in [-0.15, -0.1) is 0 Å². The van der Waals surface area contributed by atoms with Crippen LogP contribution in [-0.4, -0.2) is 13.2 Å². The number of ether oxygens (including phenoxy) is 2. The predicted octanol–water partition coefficient (Wildman–Crippen LogP) is 3.83. The fourth-order valence-electron chi connectivity index (χ4n) is 1.99. The third-order valence-corrected chi connectivity index (χ3v) is 3.76. The van der Waals surface area contributed by atoms with Gasteiger partial charge in [0.15, 0.2) is 11.5 Å². The van der Waals surface area contributed by atoms with E-state index in [0.717, 1.165) is 28.2 Å². The zero-order valence-electron chi connectivity index (χ0n) is 10.4. The lowest BCUT2D eigenvalue weighted by Crippen LogP contribution is -2.15. The Bertz CT molecular complexity index is 586. The molecular formula is C15H14BrNO2. The van der Waals surface area contributed by atoms with Gasteiger partial charge in [0.1, 0.15) is 13.2 Å². The van der Waals surface area contributed by atoms with E-state index in [-0.39, 0.29) is 0 Å². The number of halogens is 1. The molecule has 0 radical (unpaired) electrons. The summed E-state index contributed by atoms with van der Waals surface area (Å²) in [7, 11) is 0. The molecule has 1 N–H and O–H groups in total. The largest absolute Gasteiger partial charge is 0.486 e. The van der Waals surface area contributed by atoms with Gasteiger partial charge in [0, 0.05) is 22.8 Å². The lowest BCUT2D eigenvalue weighted by molar-refractivity contribution is 0.171. The summed E-state index contributed by atoms with van der Waals surface area (Å²) in [6, 6.07) is 14.1. The van der Waals surface area contributed by atoms with E-state index < -0.39 is 0 Å². The van der Waals surface area contributed by atoms with Gasteiger partial charge < -0.3 is 14.8 Å². The van der Waals surface area contributed by atoms with E-state index in [1.54, 1.807) is 0 Å². The van der Waals surface area contributed by atoms with E-state index in [4.69, 9.17) is 9.47 Å². The minimum atomic E-state index is 0.612. The molecule has 2 aromatic rings. The van der Waals surface area contributed by atoms with Crippen LogP contribution in [0.4, 0.5) is 5.69 Å². The number of benzene rings is 2. The molecule has 0 bridgehead atoms. The molecule has 0 saturated heterocycles. The van der Waals surface area contributed by atoms with Gasteiger partial charge in [-0.1, -0.05) is 34.1 Å². The second-order valence-electron chi connectivity index (χ2n) is 4.30. The highest BCUT2D eigenvalue weighted by molar-refractivity contribution is 9.10. The predicted molar refractivity (Wildman–Crippen MR) is 78.9 cm³/mol. The number of fused-ring (bicyclic) bond motifs is 1. The molecule has 2 aromatic carbocycles. The van der Waals surface area contributed by atoms with Gasteiger partial charge in [-0.25, -0.2) is 0 Å². The van der Waals surface area contributed by atoms with E-state index in [2.05, 4.69) is 27.3 Å². The van der Waals surface area contributed by atoms with Crippen LogP contribution in [0.5, 0.6) is 11.5 Å². The fourth-order valence-corrected chi connectivity index (χ4v) is 2.42. The highest BCUT2D eigenvalue weighted by Gasteiger charge is 2.11. The van der Waals surface area contributed by atoms with Crippen LogP contribution in [0.1, 0.15) is 5.56 Å². The molecule has 0 fully saturated rings. The van der Waals surface area contributed by atoms with Gasteiger partial charge in [-0.2, -0.15) is 0 Å². The van der Waals surface area contributed by atoms with Crippen molar-refractivity contribution in [2.45, 2.75) is 6.54 Å². The third-order valence-electron chi connectivity index (χ3n) is 2.98. The van der Waals surface area contributed by atoms with Crippen LogP contribution in [0.2, 0.25) is 0 Å². The van der Waals surface area contributed by atoms with Crippen molar-refractivity contribution in [3.05, 3.63) is 52.5 Å². The molecule has 4 heteroatoms. The first-order valence-electron chi connectivity index (χ1n) is 6.20. The Morgan fingerprint density at radius 3 is 2.63 bits per heavy atom. The Kier molecular flexibility index (Phi) is 3.60. The van der Waals surface area contributed by atoms with Crippen LogP contribution in [0.25, 0.3) is 0 Å². The van der Waals surface area contributed by atoms with E-state index in [1.165, 1.54) is 5.56 Å². The fraction of sp³-hybridized carbons (Fsp3) is 0.200. The molecule has 0 saturated carbocycles. The monoisotopic (exact) mass is 319 g/mol. The summed E-state index contributed by atoms with van der Waals surface area (Å²) in [5.41, 5.74) is 2.25. The SMILES string of the molecule is Brc1ccccc1CNc1ccc2c(c1)OCCO2. The molecule has 0 aromatic heterocycles. The van der Waals surface area contributed by atoms with Crippen molar-refractivity contribution in [1.29, 1.82) is 0 Å². The van der Waals surface area contributed by atoms with Gasteiger partial charge >= 0.3 is 0 Å². The molecule has 0 aliphatic carbocycles. The summed E-state index contributed by atoms with van der Waals surface area (Å²) in [6.45, 7) is 2.00. The summed E-state index contributed by atoms with van der Waals surface area (Å²) in [5, 5.41) is 3.39. The average Bonchev–Trinajstić information content (AvgIpc) is 2.46. The average molecular weight is 320 g/mol. The Morgan fingerprint density at radius 1 is 1.00 bits per heavy atom. The third kappa shape index (κ3) is 2.84. The van der Waals surface area contributed by atoms with Gasteiger partial charge in [0.05, 0.1) is 0 Å². The molecule has 19 heavy (non-hydrogen) atoms. The molecule has 0 amide bonds. The summed E-state index contributed by atoms with van der Waals surface area (Å²) in [5.74, 6) is 1.63. The molecule has 1 aliphatic rings. The van der Waals surface area contributed by atoms with Crippen LogP contribution >= 0.6 is 15.9 Å². The summed E-state index contributed by atoms with van der Waals surface area (Å²) < 4.78 is 12.2. The minimum absolute atomic E-state index is 0.612. The van der Waals surface area contributed by atoms with E-state index in [0.29, 0.717) is 13.2 Å². The molecule has 0 unspecified atom stereocenters. The smallest absolute Gasteiger partial charge is 0.163 e. The Balaban J connectivity index is 1.72. The first-order valence-corrected chi connectivity index (χ1v) is 6.99. The van der Waals surface area contributed by atoms with E-state index in [9.17, 15) is 0 Å². The standard InChI is InChI=1S/C15H14BrNO2/c16-13-4-2-1-3-11(13)10-17-12-5-6-14-15(9-12)19-8-7-18-14/h1-6,9,17H,7-8,10H2. The maximum absolute atomic E-state index is 5.57. The van der Waals surface area contributed by atoms with E-state index in [1.807, 2.05) is 36.4 Å². The number of anilines is 1. The molecule has 0 spiro atoms. The Labute approximate surface area is 120 Å². The highest BCUT2D eigenvalue weighted by atomic mass is 79.9. The number of rotatable bonds is 3. The molecule has 3 rings (SSSR count). The first kappa shape index (κ1) is 12.4. The molecule has 1 aliphatic heterocycles. The van der Waals surface area contributed by atoms with Crippen molar-refractivity contribution in [3.63, 3.8) is 0 Å². The van der Waals surface area contributed by atoms with Gasteiger partial charge in [-0.3, -0.25) is 0 Å². The number of hydrogen-bond donors (Lipinski definition) is 1. The van der Waals surface area contributed by atoms with Crippen molar-refractivity contribution in [3.8, 4) is 11.5 Å². The van der Waals surface area contributed by atoms with Crippen LogP contribution in [0.15, 0.2) is 46.9 Å². The minimum Gasteiger partial charge on any atom is -0.486 e. The molecule has 98 valence electrons. The highest BCUT2D eigenvalue weighted by Crippen LogP contribution is 2.32.